The van der Waals surface area contributed by atoms with Crippen molar-refractivity contribution in [3.05, 3.63) is 68.9 Å². The summed E-state index contributed by atoms with van der Waals surface area (Å²) in [6, 6.07) is 7.76. The van der Waals surface area contributed by atoms with Crippen molar-refractivity contribution < 1.29 is 4.39 Å². The Morgan fingerprint density at radius 1 is 1.29 bits per heavy atom. The summed E-state index contributed by atoms with van der Waals surface area (Å²) in [6.07, 6.45) is 2.91. The van der Waals surface area contributed by atoms with E-state index in [9.17, 15) is 9.18 Å². The van der Waals surface area contributed by atoms with Gasteiger partial charge in [-0.05, 0) is 48.6 Å². The van der Waals surface area contributed by atoms with Gasteiger partial charge >= 0.3 is 0 Å². The maximum atomic E-state index is 13.5. The zero-order chi connectivity index (χ0) is 15.0. The van der Waals surface area contributed by atoms with Crippen LogP contribution in [0.2, 0.25) is 0 Å². The lowest BCUT2D eigenvalue weighted by Gasteiger charge is -2.14. The Balaban J connectivity index is 2.10. The van der Waals surface area contributed by atoms with Crippen LogP contribution in [0.4, 0.5) is 4.39 Å². The van der Waals surface area contributed by atoms with E-state index in [0.717, 1.165) is 25.0 Å². The Bertz CT molecular complexity index is 782. The third kappa shape index (κ3) is 2.61. The second kappa shape index (κ2) is 5.41. The summed E-state index contributed by atoms with van der Waals surface area (Å²) in [5.41, 5.74) is 9.12. The Hall–Kier alpha value is -2.01. The molecule has 0 saturated carbocycles. The van der Waals surface area contributed by atoms with Gasteiger partial charge in [0, 0.05) is 17.3 Å². The first kappa shape index (κ1) is 13.9. The van der Waals surface area contributed by atoms with Gasteiger partial charge in [0.2, 0.25) is 0 Å². The minimum absolute atomic E-state index is 0.0752. The lowest BCUT2D eigenvalue weighted by atomic mass is 10.1. The number of rotatable bonds is 3. The molecule has 2 N–H and O–H groups in total. The predicted octanol–water partition coefficient (Wildman–Crippen LogP) is 2.16. The fourth-order valence-corrected chi connectivity index (χ4v) is 3.11. The van der Waals surface area contributed by atoms with Crippen molar-refractivity contribution in [2.75, 3.05) is 0 Å². The number of nitrogens with two attached hydrogens (primary N) is 1. The van der Waals surface area contributed by atoms with Crippen LogP contribution in [-0.4, -0.2) is 9.56 Å². The maximum absolute atomic E-state index is 13.5. The number of hydrogen-bond donors (Lipinski definition) is 1. The van der Waals surface area contributed by atoms with Crippen LogP contribution in [-0.2, 0) is 19.4 Å². The molecule has 1 aliphatic rings. The van der Waals surface area contributed by atoms with E-state index in [0.29, 0.717) is 17.7 Å². The molecule has 1 aromatic heterocycles. The fraction of sp³-hybridized carbons (Fsp3) is 0.250. The van der Waals surface area contributed by atoms with Gasteiger partial charge < -0.3 is 10.3 Å². The van der Waals surface area contributed by atoms with Crippen LogP contribution >= 0.6 is 12.2 Å². The smallest absolute Gasteiger partial charge is 0.251 e. The molecule has 1 aromatic carbocycles. The van der Waals surface area contributed by atoms with Crippen LogP contribution < -0.4 is 11.3 Å². The molecule has 0 saturated heterocycles. The van der Waals surface area contributed by atoms with E-state index in [1.807, 2.05) is 6.07 Å². The predicted molar refractivity (Wildman–Crippen MR) is 84.1 cm³/mol. The molecule has 0 atom stereocenters. The second-order valence-corrected chi connectivity index (χ2v) is 5.69. The van der Waals surface area contributed by atoms with E-state index in [4.69, 9.17) is 18.0 Å². The molecule has 0 bridgehead atoms. The molecule has 1 heterocycles. The summed E-state index contributed by atoms with van der Waals surface area (Å²) in [7, 11) is 0. The van der Waals surface area contributed by atoms with Crippen LogP contribution in [0.1, 0.15) is 28.8 Å². The highest BCUT2D eigenvalue weighted by atomic mass is 32.1. The van der Waals surface area contributed by atoms with Crippen molar-refractivity contribution in [3.63, 3.8) is 0 Å². The third-order valence-corrected chi connectivity index (χ3v) is 4.13. The standard InChI is InChI=1S/C16H15FN2OS/c17-12-5-6-13(16(18)21)11(8-12)9-19-14-3-1-2-10(14)4-7-15(19)20/h4-8H,1-3,9H2,(H2,18,21). The summed E-state index contributed by atoms with van der Waals surface area (Å²) < 4.78 is 15.2. The Morgan fingerprint density at radius 3 is 2.86 bits per heavy atom. The zero-order valence-electron chi connectivity index (χ0n) is 11.4. The number of hydrogen-bond acceptors (Lipinski definition) is 2. The first-order chi connectivity index (χ1) is 10.1. The van der Waals surface area contributed by atoms with Gasteiger partial charge in [0.05, 0.1) is 6.54 Å². The molecule has 0 spiro atoms. The largest absolute Gasteiger partial charge is 0.389 e. The minimum atomic E-state index is -0.356. The normalized spacial score (nSPS) is 13.2. The van der Waals surface area contributed by atoms with Crippen molar-refractivity contribution in [3.8, 4) is 0 Å². The Morgan fingerprint density at radius 2 is 2.10 bits per heavy atom. The average molecular weight is 302 g/mol. The minimum Gasteiger partial charge on any atom is -0.389 e. The first-order valence-corrected chi connectivity index (χ1v) is 7.27. The molecule has 5 heteroatoms. The Labute approximate surface area is 127 Å². The molecule has 0 fully saturated rings. The number of aryl methyl sites for hydroxylation is 1. The lowest BCUT2D eigenvalue weighted by molar-refractivity contribution is 0.621. The van der Waals surface area contributed by atoms with Gasteiger partial charge in [-0.1, -0.05) is 18.3 Å². The lowest BCUT2D eigenvalue weighted by Crippen LogP contribution is -2.25. The van der Waals surface area contributed by atoms with Gasteiger partial charge in [-0.2, -0.15) is 0 Å². The summed E-state index contributed by atoms with van der Waals surface area (Å²) in [4.78, 5) is 12.4. The average Bonchev–Trinajstić information content (AvgIpc) is 2.90. The molecule has 3 rings (SSSR count). The summed E-state index contributed by atoms with van der Waals surface area (Å²) in [6.45, 7) is 0.298. The highest BCUT2D eigenvalue weighted by Crippen LogP contribution is 2.21. The molecule has 3 nitrogen and oxygen atoms in total. The van der Waals surface area contributed by atoms with Gasteiger partial charge in [-0.3, -0.25) is 4.79 Å². The number of halogens is 1. The van der Waals surface area contributed by atoms with Crippen molar-refractivity contribution in [1.82, 2.24) is 4.57 Å². The number of thiocarbonyl (C=S) groups is 1. The van der Waals surface area contributed by atoms with Crippen molar-refractivity contribution in [1.29, 1.82) is 0 Å². The number of nitrogens with zero attached hydrogens (tertiary/aromatic N) is 1. The topological polar surface area (TPSA) is 48.0 Å². The molecular formula is C16H15FN2OS. The van der Waals surface area contributed by atoms with Gasteiger partial charge in [0.1, 0.15) is 10.8 Å². The summed E-state index contributed by atoms with van der Waals surface area (Å²) in [5, 5.41) is 0. The summed E-state index contributed by atoms with van der Waals surface area (Å²) in [5.74, 6) is -0.356. The molecule has 0 radical (unpaired) electrons. The molecule has 2 aromatic rings. The number of benzene rings is 1. The van der Waals surface area contributed by atoms with Gasteiger partial charge in [-0.15, -0.1) is 0 Å². The van der Waals surface area contributed by atoms with E-state index in [-0.39, 0.29) is 16.4 Å². The molecule has 0 unspecified atom stereocenters. The van der Waals surface area contributed by atoms with E-state index < -0.39 is 0 Å². The van der Waals surface area contributed by atoms with Gasteiger partial charge in [0.15, 0.2) is 0 Å². The number of pyridine rings is 1. The number of aromatic nitrogens is 1. The van der Waals surface area contributed by atoms with E-state index >= 15 is 0 Å². The first-order valence-electron chi connectivity index (χ1n) is 6.86. The van der Waals surface area contributed by atoms with Crippen molar-refractivity contribution in [2.24, 2.45) is 5.73 Å². The van der Waals surface area contributed by atoms with Crippen molar-refractivity contribution >= 4 is 17.2 Å². The Kier molecular flexibility index (Phi) is 3.59. The molecule has 0 amide bonds. The van der Waals surface area contributed by atoms with Crippen LogP contribution in [0.15, 0.2) is 35.1 Å². The second-order valence-electron chi connectivity index (χ2n) is 5.25. The number of fused-ring (bicyclic) bond motifs is 1. The van der Waals surface area contributed by atoms with Crippen LogP contribution in [0.5, 0.6) is 0 Å². The van der Waals surface area contributed by atoms with Crippen LogP contribution in [0, 0.1) is 5.82 Å². The van der Waals surface area contributed by atoms with E-state index in [1.165, 1.54) is 17.7 Å². The van der Waals surface area contributed by atoms with Crippen LogP contribution in [0.25, 0.3) is 0 Å². The molecule has 1 aliphatic carbocycles. The quantitative estimate of drug-likeness (QED) is 0.884. The molecule has 0 aliphatic heterocycles. The van der Waals surface area contributed by atoms with E-state index in [1.54, 1.807) is 16.7 Å². The maximum Gasteiger partial charge on any atom is 0.251 e. The van der Waals surface area contributed by atoms with Gasteiger partial charge in [-0.25, -0.2) is 4.39 Å². The molecular weight excluding hydrogens is 287 g/mol. The van der Waals surface area contributed by atoms with Crippen molar-refractivity contribution in [2.45, 2.75) is 25.8 Å². The molecule has 108 valence electrons. The third-order valence-electron chi connectivity index (χ3n) is 3.91. The van der Waals surface area contributed by atoms with E-state index in [2.05, 4.69) is 0 Å². The highest BCUT2D eigenvalue weighted by Gasteiger charge is 2.17. The highest BCUT2D eigenvalue weighted by molar-refractivity contribution is 7.80. The zero-order valence-corrected chi connectivity index (χ0v) is 12.3. The van der Waals surface area contributed by atoms with Crippen LogP contribution in [0.3, 0.4) is 0 Å². The summed E-state index contributed by atoms with van der Waals surface area (Å²) >= 11 is 5.01. The fourth-order valence-electron chi connectivity index (χ4n) is 2.91. The molecule has 21 heavy (non-hydrogen) atoms. The SMILES string of the molecule is NC(=S)c1ccc(F)cc1Cn1c2c(ccc1=O)CCC2. The monoisotopic (exact) mass is 302 g/mol. The van der Waals surface area contributed by atoms with Gasteiger partial charge in [0.25, 0.3) is 5.56 Å².